The van der Waals surface area contributed by atoms with Crippen molar-refractivity contribution in [1.82, 2.24) is 9.78 Å². The molecule has 2 fully saturated rings. The van der Waals surface area contributed by atoms with Crippen molar-refractivity contribution in [3.8, 4) is 0 Å². The van der Waals surface area contributed by atoms with Gasteiger partial charge in [-0.3, -0.25) is 9.48 Å². The fraction of sp³-hybridized carbons (Fsp3) is 0.444. The summed E-state index contributed by atoms with van der Waals surface area (Å²) in [7, 11) is 1.84. The van der Waals surface area contributed by atoms with Gasteiger partial charge in [-0.25, -0.2) is 0 Å². The Morgan fingerprint density at radius 1 is 1.32 bits per heavy atom. The van der Waals surface area contributed by atoms with Crippen molar-refractivity contribution in [2.24, 2.45) is 13.0 Å². The third-order valence-corrected chi connectivity index (χ3v) is 5.12. The summed E-state index contributed by atoms with van der Waals surface area (Å²) in [5.74, 6) is 0.760. The van der Waals surface area contributed by atoms with Gasteiger partial charge in [0.1, 0.15) is 0 Å². The van der Waals surface area contributed by atoms with Crippen molar-refractivity contribution < 1.29 is 4.79 Å². The topological polar surface area (TPSA) is 46.9 Å². The predicted molar refractivity (Wildman–Crippen MR) is 86.0 cm³/mol. The molecular formula is C18H21N3O. The molecule has 0 atom stereocenters. The van der Waals surface area contributed by atoms with Gasteiger partial charge in [-0.1, -0.05) is 18.2 Å². The van der Waals surface area contributed by atoms with Crippen LogP contribution in [0.5, 0.6) is 0 Å². The van der Waals surface area contributed by atoms with Crippen LogP contribution in [-0.4, -0.2) is 15.7 Å². The first-order chi connectivity index (χ1) is 10.6. The number of benzene rings is 1. The zero-order valence-electron chi connectivity index (χ0n) is 13.1. The van der Waals surface area contributed by atoms with E-state index in [0.717, 1.165) is 17.3 Å². The minimum atomic E-state index is -0.0651. The number of hydrogen-bond donors (Lipinski definition) is 1. The minimum absolute atomic E-state index is 0.0651. The first-order valence-electron chi connectivity index (χ1n) is 8.01. The molecular weight excluding hydrogens is 274 g/mol. The lowest BCUT2D eigenvalue weighted by atomic mass is 9.89. The molecule has 22 heavy (non-hydrogen) atoms. The fourth-order valence-electron chi connectivity index (χ4n) is 3.71. The molecule has 1 aromatic carbocycles. The Kier molecular flexibility index (Phi) is 2.90. The number of rotatable bonds is 4. The van der Waals surface area contributed by atoms with Crippen molar-refractivity contribution in [3.05, 3.63) is 47.3 Å². The van der Waals surface area contributed by atoms with Gasteiger partial charge in [0.15, 0.2) is 0 Å². The van der Waals surface area contributed by atoms with E-state index in [0.29, 0.717) is 11.0 Å². The number of nitrogens with zero attached hydrogens (tertiary/aromatic N) is 2. The molecule has 114 valence electrons. The second kappa shape index (κ2) is 4.70. The van der Waals surface area contributed by atoms with Gasteiger partial charge in [0, 0.05) is 24.3 Å². The molecule has 0 saturated heterocycles. The van der Waals surface area contributed by atoms with Gasteiger partial charge in [0.25, 0.3) is 5.91 Å². The quantitative estimate of drug-likeness (QED) is 0.939. The molecule has 1 aromatic heterocycles. The Balaban J connectivity index is 1.64. The molecule has 0 radical (unpaired) electrons. The van der Waals surface area contributed by atoms with Crippen LogP contribution in [0, 0.1) is 12.8 Å². The number of carbonyl (C=O) groups excluding carboxylic acids is 1. The predicted octanol–water partition coefficient (Wildman–Crippen LogP) is 3.42. The summed E-state index contributed by atoms with van der Waals surface area (Å²) < 4.78 is 1.68. The van der Waals surface area contributed by atoms with Crippen molar-refractivity contribution in [3.63, 3.8) is 0 Å². The molecule has 2 aliphatic rings. The zero-order chi connectivity index (χ0) is 15.3. The van der Waals surface area contributed by atoms with Crippen LogP contribution >= 0.6 is 0 Å². The molecule has 1 amide bonds. The number of aromatic nitrogens is 2. The van der Waals surface area contributed by atoms with E-state index in [4.69, 9.17) is 0 Å². The Bertz CT molecular complexity index is 739. The Hall–Kier alpha value is -2.10. The molecule has 4 rings (SSSR count). The van der Waals surface area contributed by atoms with E-state index in [-0.39, 0.29) is 5.91 Å². The summed E-state index contributed by atoms with van der Waals surface area (Å²) in [4.78, 5) is 12.6. The van der Waals surface area contributed by atoms with E-state index < -0.39 is 0 Å². The van der Waals surface area contributed by atoms with Crippen molar-refractivity contribution in [2.75, 3.05) is 5.32 Å². The first-order valence-corrected chi connectivity index (χ1v) is 8.01. The number of nitrogens with one attached hydrogen (secondary N) is 1. The molecule has 4 heteroatoms. The van der Waals surface area contributed by atoms with Crippen LogP contribution in [0.3, 0.4) is 0 Å². The summed E-state index contributed by atoms with van der Waals surface area (Å²) in [5, 5.41) is 7.37. The summed E-state index contributed by atoms with van der Waals surface area (Å²) >= 11 is 0. The Morgan fingerprint density at radius 3 is 2.64 bits per heavy atom. The number of anilines is 1. The van der Waals surface area contributed by atoms with Crippen LogP contribution in [-0.2, 0) is 12.5 Å². The monoisotopic (exact) mass is 295 g/mol. The average Bonchev–Trinajstić information content (AvgIpc) is 3.36. The summed E-state index contributed by atoms with van der Waals surface area (Å²) in [6, 6.07) is 8.30. The smallest absolute Gasteiger partial charge is 0.259 e. The van der Waals surface area contributed by atoms with Crippen LogP contribution in [0.25, 0.3) is 0 Å². The molecule has 2 aromatic rings. The lowest BCUT2D eigenvalue weighted by Gasteiger charge is -2.19. The van der Waals surface area contributed by atoms with Crippen molar-refractivity contribution in [2.45, 2.75) is 38.0 Å². The number of para-hydroxylation sites is 1. The third kappa shape index (κ3) is 2.14. The van der Waals surface area contributed by atoms with Gasteiger partial charge < -0.3 is 5.32 Å². The van der Waals surface area contributed by atoms with Crippen LogP contribution in [0.2, 0.25) is 0 Å². The molecule has 1 heterocycles. The molecule has 0 spiro atoms. The summed E-state index contributed by atoms with van der Waals surface area (Å²) in [5.41, 5.74) is 4.05. The highest BCUT2D eigenvalue weighted by atomic mass is 16.1. The molecule has 2 saturated carbocycles. The SMILES string of the molecule is Cc1nn(C)cc1C(=O)Nc1ccccc1C1(C2CC2)CC1. The lowest BCUT2D eigenvalue weighted by molar-refractivity contribution is 0.102. The lowest BCUT2D eigenvalue weighted by Crippen LogP contribution is -2.18. The Morgan fingerprint density at radius 2 is 2.05 bits per heavy atom. The highest BCUT2D eigenvalue weighted by Gasteiger charge is 2.55. The van der Waals surface area contributed by atoms with E-state index in [1.807, 2.05) is 26.1 Å². The number of amides is 1. The van der Waals surface area contributed by atoms with Gasteiger partial charge in [-0.2, -0.15) is 5.10 Å². The van der Waals surface area contributed by atoms with Gasteiger partial charge in [-0.15, -0.1) is 0 Å². The van der Waals surface area contributed by atoms with Gasteiger partial charge in [0.2, 0.25) is 0 Å². The average molecular weight is 295 g/mol. The van der Waals surface area contributed by atoms with Gasteiger partial charge >= 0.3 is 0 Å². The van der Waals surface area contributed by atoms with Crippen LogP contribution in [0.4, 0.5) is 5.69 Å². The molecule has 1 N–H and O–H groups in total. The minimum Gasteiger partial charge on any atom is -0.322 e. The van der Waals surface area contributed by atoms with Crippen molar-refractivity contribution in [1.29, 1.82) is 0 Å². The molecule has 0 bridgehead atoms. The van der Waals surface area contributed by atoms with Crippen LogP contribution < -0.4 is 5.32 Å². The molecule has 4 nitrogen and oxygen atoms in total. The fourth-order valence-corrected chi connectivity index (χ4v) is 3.71. The third-order valence-electron chi connectivity index (χ3n) is 5.12. The van der Waals surface area contributed by atoms with E-state index >= 15 is 0 Å². The molecule has 0 aliphatic heterocycles. The first kappa shape index (κ1) is 13.6. The Labute approximate surface area is 130 Å². The number of carbonyl (C=O) groups is 1. The second-order valence-electron chi connectivity index (χ2n) is 6.73. The maximum Gasteiger partial charge on any atom is 0.259 e. The standard InChI is InChI=1S/C18H21N3O/c1-12-14(11-21(2)20-12)17(22)19-16-6-4-3-5-15(16)18(9-10-18)13-7-8-13/h3-6,11,13H,7-10H2,1-2H3,(H,19,22). The van der Waals surface area contributed by atoms with Crippen LogP contribution in [0.15, 0.2) is 30.5 Å². The molecule has 2 aliphatic carbocycles. The van der Waals surface area contributed by atoms with Crippen LogP contribution in [0.1, 0.15) is 47.3 Å². The van der Waals surface area contributed by atoms with Gasteiger partial charge in [-0.05, 0) is 50.2 Å². The second-order valence-corrected chi connectivity index (χ2v) is 6.73. The zero-order valence-corrected chi connectivity index (χ0v) is 13.1. The van der Waals surface area contributed by atoms with Gasteiger partial charge in [0.05, 0.1) is 11.3 Å². The normalized spacial score (nSPS) is 19.0. The largest absolute Gasteiger partial charge is 0.322 e. The number of aryl methyl sites for hydroxylation is 2. The van der Waals surface area contributed by atoms with E-state index in [2.05, 4.69) is 22.5 Å². The molecule has 0 unspecified atom stereocenters. The van der Waals surface area contributed by atoms with E-state index in [9.17, 15) is 4.79 Å². The summed E-state index contributed by atoms with van der Waals surface area (Å²) in [6.45, 7) is 1.87. The maximum atomic E-state index is 12.6. The summed E-state index contributed by atoms with van der Waals surface area (Å²) in [6.07, 6.45) is 6.97. The van der Waals surface area contributed by atoms with Crippen molar-refractivity contribution >= 4 is 11.6 Å². The number of hydrogen-bond acceptors (Lipinski definition) is 2. The van der Waals surface area contributed by atoms with E-state index in [1.165, 1.54) is 31.2 Å². The van der Waals surface area contributed by atoms with E-state index in [1.54, 1.807) is 10.9 Å². The highest BCUT2D eigenvalue weighted by molar-refractivity contribution is 6.05. The highest BCUT2D eigenvalue weighted by Crippen LogP contribution is 2.63. The maximum absolute atomic E-state index is 12.6.